The number of ether oxygens (including phenoxy) is 2. The molecule has 0 radical (unpaired) electrons. The Labute approximate surface area is 119 Å². The lowest BCUT2D eigenvalue weighted by Gasteiger charge is -2.17. The SMILES string of the molecule is C=CCC[C@@H]1CC(OCCCC)O[C@H]1CCCCC. The topological polar surface area (TPSA) is 18.5 Å². The van der Waals surface area contributed by atoms with E-state index in [4.69, 9.17) is 9.47 Å². The van der Waals surface area contributed by atoms with Crippen LogP contribution in [0, 0.1) is 5.92 Å². The van der Waals surface area contributed by atoms with Crippen LogP contribution in [0.3, 0.4) is 0 Å². The molecule has 0 bridgehead atoms. The van der Waals surface area contributed by atoms with E-state index >= 15 is 0 Å². The zero-order valence-corrected chi connectivity index (χ0v) is 12.9. The van der Waals surface area contributed by atoms with Gasteiger partial charge >= 0.3 is 0 Å². The van der Waals surface area contributed by atoms with Gasteiger partial charge in [0.15, 0.2) is 6.29 Å². The molecule has 1 rings (SSSR count). The van der Waals surface area contributed by atoms with Gasteiger partial charge in [0.25, 0.3) is 0 Å². The number of hydrogen-bond acceptors (Lipinski definition) is 2. The van der Waals surface area contributed by atoms with Crippen LogP contribution in [0.1, 0.15) is 71.6 Å². The van der Waals surface area contributed by atoms with Crippen LogP contribution in [0.2, 0.25) is 0 Å². The smallest absolute Gasteiger partial charge is 0.158 e. The van der Waals surface area contributed by atoms with Gasteiger partial charge in [0.05, 0.1) is 6.10 Å². The maximum Gasteiger partial charge on any atom is 0.158 e. The lowest BCUT2D eigenvalue weighted by molar-refractivity contribution is -0.136. The Hall–Kier alpha value is -0.340. The molecule has 3 atom stereocenters. The van der Waals surface area contributed by atoms with Crippen LogP contribution in [0.15, 0.2) is 12.7 Å². The highest BCUT2D eigenvalue weighted by Gasteiger charge is 2.34. The highest BCUT2D eigenvalue weighted by molar-refractivity contribution is 4.81. The van der Waals surface area contributed by atoms with Crippen LogP contribution in [-0.4, -0.2) is 19.0 Å². The minimum atomic E-state index is 0.0491. The van der Waals surface area contributed by atoms with Gasteiger partial charge in [0.2, 0.25) is 0 Å². The molecule has 0 amide bonds. The van der Waals surface area contributed by atoms with Crippen LogP contribution in [0.25, 0.3) is 0 Å². The van der Waals surface area contributed by atoms with Crippen molar-refractivity contribution in [1.29, 1.82) is 0 Å². The second-order valence-corrected chi connectivity index (χ2v) is 5.69. The average molecular weight is 268 g/mol. The number of unbranched alkanes of at least 4 members (excludes halogenated alkanes) is 3. The van der Waals surface area contributed by atoms with E-state index in [-0.39, 0.29) is 6.29 Å². The summed E-state index contributed by atoms with van der Waals surface area (Å²) in [7, 11) is 0. The molecule has 0 aromatic rings. The largest absolute Gasteiger partial charge is 0.353 e. The predicted octanol–water partition coefficient (Wildman–Crippen LogP) is 5.08. The van der Waals surface area contributed by atoms with E-state index in [1.54, 1.807) is 0 Å². The first-order valence-electron chi connectivity index (χ1n) is 8.19. The third-order valence-electron chi connectivity index (χ3n) is 3.98. The molecule has 0 aromatic carbocycles. The van der Waals surface area contributed by atoms with Crippen molar-refractivity contribution in [2.75, 3.05) is 6.61 Å². The molecule has 1 heterocycles. The van der Waals surface area contributed by atoms with Crippen LogP contribution in [0.4, 0.5) is 0 Å². The third-order valence-corrected chi connectivity index (χ3v) is 3.98. The zero-order chi connectivity index (χ0) is 13.9. The number of hydrogen-bond donors (Lipinski definition) is 0. The van der Waals surface area contributed by atoms with Gasteiger partial charge in [-0.15, -0.1) is 6.58 Å². The number of allylic oxidation sites excluding steroid dienone is 1. The molecule has 1 unspecified atom stereocenters. The molecular weight excluding hydrogens is 236 g/mol. The summed E-state index contributed by atoms with van der Waals surface area (Å²) >= 11 is 0. The molecule has 1 saturated heterocycles. The van der Waals surface area contributed by atoms with Crippen molar-refractivity contribution in [3.8, 4) is 0 Å². The second kappa shape index (κ2) is 10.4. The zero-order valence-electron chi connectivity index (χ0n) is 12.9. The summed E-state index contributed by atoms with van der Waals surface area (Å²) in [4.78, 5) is 0. The predicted molar refractivity (Wildman–Crippen MR) is 81.2 cm³/mol. The van der Waals surface area contributed by atoms with Crippen molar-refractivity contribution in [1.82, 2.24) is 0 Å². The summed E-state index contributed by atoms with van der Waals surface area (Å²) in [5.74, 6) is 0.668. The van der Waals surface area contributed by atoms with E-state index in [2.05, 4.69) is 20.4 Å². The highest BCUT2D eigenvalue weighted by atomic mass is 16.7. The molecule has 0 spiro atoms. The van der Waals surface area contributed by atoms with Gasteiger partial charge in [-0.05, 0) is 31.6 Å². The lowest BCUT2D eigenvalue weighted by Crippen LogP contribution is -2.17. The van der Waals surface area contributed by atoms with Crippen molar-refractivity contribution < 1.29 is 9.47 Å². The monoisotopic (exact) mass is 268 g/mol. The molecular formula is C17H32O2. The Morgan fingerprint density at radius 1 is 1.16 bits per heavy atom. The molecule has 2 nitrogen and oxygen atoms in total. The molecule has 1 aliphatic heterocycles. The Morgan fingerprint density at radius 2 is 1.95 bits per heavy atom. The van der Waals surface area contributed by atoms with Crippen molar-refractivity contribution in [2.45, 2.75) is 84.0 Å². The molecule has 0 N–H and O–H groups in total. The Kier molecular flexibility index (Phi) is 9.19. The fourth-order valence-corrected chi connectivity index (χ4v) is 2.76. The second-order valence-electron chi connectivity index (χ2n) is 5.69. The van der Waals surface area contributed by atoms with Crippen LogP contribution < -0.4 is 0 Å². The fourth-order valence-electron chi connectivity index (χ4n) is 2.76. The summed E-state index contributed by atoms with van der Waals surface area (Å²) in [6.07, 6.45) is 13.3. The van der Waals surface area contributed by atoms with Crippen LogP contribution in [0.5, 0.6) is 0 Å². The first-order valence-corrected chi connectivity index (χ1v) is 8.19. The third kappa shape index (κ3) is 6.58. The molecule has 0 saturated carbocycles. The summed E-state index contributed by atoms with van der Waals surface area (Å²) in [6, 6.07) is 0. The van der Waals surface area contributed by atoms with E-state index in [1.807, 2.05) is 6.08 Å². The summed E-state index contributed by atoms with van der Waals surface area (Å²) in [5, 5.41) is 0. The van der Waals surface area contributed by atoms with Gasteiger partial charge in [-0.1, -0.05) is 45.6 Å². The number of rotatable bonds is 11. The van der Waals surface area contributed by atoms with Gasteiger partial charge in [-0.25, -0.2) is 0 Å². The maximum atomic E-state index is 6.11. The first-order chi connectivity index (χ1) is 9.31. The fraction of sp³-hybridized carbons (Fsp3) is 0.882. The summed E-state index contributed by atoms with van der Waals surface area (Å²) in [6.45, 7) is 9.12. The molecule has 0 aliphatic carbocycles. The minimum absolute atomic E-state index is 0.0491. The molecule has 19 heavy (non-hydrogen) atoms. The average Bonchev–Trinajstić information content (AvgIpc) is 2.79. The summed E-state index contributed by atoms with van der Waals surface area (Å²) < 4.78 is 11.9. The van der Waals surface area contributed by atoms with Gasteiger partial charge in [-0.2, -0.15) is 0 Å². The quantitative estimate of drug-likeness (QED) is 0.384. The normalized spacial score (nSPS) is 26.7. The van der Waals surface area contributed by atoms with Crippen LogP contribution in [-0.2, 0) is 9.47 Å². The van der Waals surface area contributed by atoms with E-state index in [0.717, 1.165) is 25.9 Å². The Morgan fingerprint density at radius 3 is 2.63 bits per heavy atom. The molecule has 1 aliphatic rings. The summed E-state index contributed by atoms with van der Waals surface area (Å²) in [5.41, 5.74) is 0. The van der Waals surface area contributed by atoms with Crippen molar-refractivity contribution in [3.05, 3.63) is 12.7 Å². The standard InChI is InChI=1S/C17H32O2/c1-4-7-10-12-16-15(11-8-5-2)14-17(19-16)18-13-9-6-3/h5,15-17H,2,4,6-14H2,1,3H3/t15-,16+,17?/m1/s1. The highest BCUT2D eigenvalue weighted by Crippen LogP contribution is 2.33. The van der Waals surface area contributed by atoms with Crippen molar-refractivity contribution in [3.63, 3.8) is 0 Å². The van der Waals surface area contributed by atoms with Crippen LogP contribution >= 0.6 is 0 Å². The van der Waals surface area contributed by atoms with Gasteiger partial charge < -0.3 is 9.47 Å². The minimum Gasteiger partial charge on any atom is -0.353 e. The van der Waals surface area contributed by atoms with E-state index in [9.17, 15) is 0 Å². The Balaban J connectivity index is 2.33. The van der Waals surface area contributed by atoms with Gasteiger partial charge in [0.1, 0.15) is 0 Å². The maximum absolute atomic E-state index is 6.11. The van der Waals surface area contributed by atoms with E-state index in [0.29, 0.717) is 12.0 Å². The molecule has 2 heteroatoms. The van der Waals surface area contributed by atoms with E-state index < -0.39 is 0 Å². The molecule has 0 aromatic heterocycles. The van der Waals surface area contributed by atoms with Gasteiger partial charge in [0, 0.05) is 13.0 Å². The first kappa shape index (κ1) is 16.7. The van der Waals surface area contributed by atoms with Crippen molar-refractivity contribution in [2.24, 2.45) is 5.92 Å². The molecule has 1 fully saturated rings. The van der Waals surface area contributed by atoms with E-state index in [1.165, 1.54) is 38.5 Å². The van der Waals surface area contributed by atoms with Gasteiger partial charge in [-0.3, -0.25) is 0 Å². The Bertz CT molecular complexity index is 227. The lowest BCUT2D eigenvalue weighted by atomic mass is 9.92. The van der Waals surface area contributed by atoms with Crippen molar-refractivity contribution >= 4 is 0 Å². The molecule has 112 valence electrons.